The SMILES string of the molecule is C[C@@H]1CC(CCn2c(=O)c3c(ncn3CC3CC3)n(C)c2=O)C[C@@H](C)O1. The fraction of sp³-hybridized carbons (Fsp3) is 0.737. The number of hydrogen-bond donors (Lipinski definition) is 0. The quantitative estimate of drug-likeness (QED) is 0.816. The second kappa shape index (κ2) is 6.68. The van der Waals surface area contributed by atoms with Gasteiger partial charge in [-0.25, -0.2) is 9.78 Å². The Morgan fingerprint density at radius 3 is 2.50 bits per heavy atom. The van der Waals surface area contributed by atoms with Crippen molar-refractivity contribution in [2.24, 2.45) is 18.9 Å². The van der Waals surface area contributed by atoms with Gasteiger partial charge in [0.05, 0.1) is 18.5 Å². The van der Waals surface area contributed by atoms with E-state index in [1.807, 2.05) is 4.57 Å². The molecule has 26 heavy (non-hydrogen) atoms. The predicted octanol–water partition coefficient (Wildman–Crippen LogP) is 1.90. The molecule has 142 valence electrons. The Kier molecular flexibility index (Phi) is 4.50. The minimum Gasteiger partial charge on any atom is -0.376 e. The van der Waals surface area contributed by atoms with Crippen molar-refractivity contribution in [1.82, 2.24) is 18.7 Å². The normalized spacial score (nSPS) is 26.5. The summed E-state index contributed by atoms with van der Waals surface area (Å²) in [6.07, 6.45) is 7.41. The first-order valence-electron chi connectivity index (χ1n) is 9.74. The minimum absolute atomic E-state index is 0.200. The van der Waals surface area contributed by atoms with Gasteiger partial charge in [-0.05, 0) is 57.8 Å². The molecule has 0 unspecified atom stereocenters. The van der Waals surface area contributed by atoms with Crippen molar-refractivity contribution in [2.75, 3.05) is 0 Å². The van der Waals surface area contributed by atoms with E-state index in [-0.39, 0.29) is 23.5 Å². The van der Waals surface area contributed by atoms with Gasteiger partial charge in [0, 0.05) is 20.1 Å². The van der Waals surface area contributed by atoms with Gasteiger partial charge in [0.25, 0.3) is 5.56 Å². The standard InChI is InChI=1S/C19H28N4O3/c1-12-8-15(9-13(2)26-12)6-7-23-18(24)16-17(21(3)19(23)25)20-11-22(16)10-14-4-5-14/h11-15H,4-10H2,1-3H3/t12-,13-/m1/s1. The number of rotatable bonds is 5. The van der Waals surface area contributed by atoms with Gasteiger partial charge >= 0.3 is 5.69 Å². The molecular formula is C19H28N4O3. The zero-order valence-corrected chi connectivity index (χ0v) is 15.9. The summed E-state index contributed by atoms with van der Waals surface area (Å²) in [6.45, 7) is 5.46. The molecule has 0 amide bonds. The summed E-state index contributed by atoms with van der Waals surface area (Å²) < 4.78 is 10.6. The number of ether oxygens (including phenoxy) is 1. The molecule has 2 fully saturated rings. The van der Waals surface area contributed by atoms with E-state index in [0.717, 1.165) is 25.8 Å². The molecule has 0 N–H and O–H groups in total. The highest BCUT2D eigenvalue weighted by atomic mass is 16.5. The van der Waals surface area contributed by atoms with Crippen molar-refractivity contribution in [1.29, 1.82) is 0 Å². The fourth-order valence-corrected chi connectivity index (χ4v) is 4.33. The molecule has 2 aromatic heterocycles. The van der Waals surface area contributed by atoms with Crippen LogP contribution in [0.4, 0.5) is 0 Å². The van der Waals surface area contributed by atoms with E-state index in [1.54, 1.807) is 13.4 Å². The molecule has 2 atom stereocenters. The first kappa shape index (κ1) is 17.5. The molecular weight excluding hydrogens is 332 g/mol. The predicted molar refractivity (Wildman–Crippen MR) is 99.3 cm³/mol. The second-order valence-corrected chi connectivity index (χ2v) is 8.19. The van der Waals surface area contributed by atoms with E-state index >= 15 is 0 Å². The van der Waals surface area contributed by atoms with Crippen LogP contribution in [0.25, 0.3) is 11.2 Å². The maximum Gasteiger partial charge on any atom is 0.332 e. The lowest BCUT2D eigenvalue weighted by molar-refractivity contribution is -0.0540. The van der Waals surface area contributed by atoms with Crippen LogP contribution in [0.15, 0.2) is 15.9 Å². The lowest BCUT2D eigenvalue weighted by atomic mass is 9.90. The maximum absolute atomic E-state index is 13.1. The summed E-state index contributed by atoms with van der Waals surface area (Å²) >= 11 is 0. The second-order valence-electron chi connectivity index (χ2n) is 8.19. The van der Waals surface area contributed by atoms with E-state index in [2.05, 4.69) is 18.8 Å². The van der Waals surface area contributed by atoms with Crippen molar-refractivity contribution >= 4 is 11.2 Å². The van der Waals surface area contributed by atoms with Gasteiger partial charge < -0.3 is 9.30 Å². The molecule has 2 aliphatic rings. The van der Waals surface area contributed by atoms with Crippen molar-refractivity contribution < 1.29 is 4.74 Å². The van der Waals surface area contributed by atoms with Crippen LogP contribution < -0.4 is 11.2 Å². The zero-order chi connectivity index (χ0) is 18.4. The smallest absolute Gasteiger partial charge is 0.332 e. The average Bonchev–Trinajstić information content (AvgIpc) is 3.29. The molecule has 0 spiro atoms. The number of fused-ring (bicyclic) bond motifs is 1. The summed E-state index contributed by atoms with van der Waals surface area (Å²) in [7, 11) is 1.70. The lowest BCUT2D eigenvalue weighted by Gasteiger charge is -2.32. The third kappa shape index (κ3) is 3.24. The van der Waals surface area contributed by atoms with Crippen LogP contribution >= 0.6 is 0 Å². The number of hydrogen-bond acceptors (Lipinski definition) is 4. The Morgan fingerprint density at radius 1 is 1.15 bits per heavy atom. The first-order valence-corrected chi connectivity index (χ1v) is 9.74. The monoisotopic (exact) mass is 360 g/mol. The van der Waals surface area contributed by atoms with Crippen LogP contribution in [0.1, 0.15) is 46.0 Å². The fourth-order valence-electron chi connectivity index (χ4n) is 4.33. The molecule has 0 bridgehead atoms. The summed E-state index contributed by atoms with van der Waals surface area (Å²) in [5.74, 6) is 1.13. The molecule has 3 heterocycles. The van der Waals surface area contributed by atoms with Gasteiger partial charge in [-0.1, -0.05) is 0 Å². The molecule has 1 saturated carbocycles. The summed E-state index contributed by atoms with van der Waals surface area (Å²) in [5, 5.41) is 0. The molecule has 1 saturated heterocycles. The Balaban J connectivity index is 1.63. The Labute approximate surface area is 152 Å². The topological polar surface area (TPSA) is 71.0 Å². The largest absolute Gasteiger partial charge is 0.376 e. The van der Waals surface area contributed by atoms with Gasteiger partial charge in [0.2, 0.25) is 0 Å². The van der Waals surface area contributed by atoms with Gasteiger partial charge in [0.15, 0.2) is 11.2 Å². The Hall–Kier alpha value is -1.89. The third-order valence-electron chi connectivity index (χ3n) is 5.81. The zero-order valence-electron chi connectivity index (χ0n) is 15.9. The summed E-state index contributed by atoms with van der Waals surface area (Å²) in [5.41, 5.74) is 0.583. The van der Waals surface area contributed by atoms with Gasteiger partial charge in [-0.2, -0.15) is 0 Å². The third-order valence-corrected chi connectivity index (χ3v) is 5.81. The number of nitrogens with zero attached hydrogens (tertiary/aromatic N) is 4. The summed E-state index contributed by atoms with van der Waals surface area (Å²) in [6, 6.07) is 0. The summed E-state index contributed by atoms with van der Waals surface area (Å²) in [4.78, 5) is 30.1. The number of aryl methyl sites for hydroxylation is 1. The van der Waals surface area contributed by atoms with Crippen molar-refractivity contribution in [3.8, 4) is 0 Å². The minimum atomic E-state index is -0.271. The lowest BCUT2D eigenvalue weighted by Crippen LogP contribution is -2.40. The highest BCUT2D eigenvalue weighted by Crippen LogP contribution is 2.31. The number of imidazole rings is 1. The van der Waals surface area contributed by atoms with E-state index < -0.39 is 0 Å². The average molecular weight is 360 g/mol. The van der Waals surface area contributed by atoms with Crippen molar-refractivity contribution in [3.05, 3.63) is 27.2 Å². The van der Waals surface area contributed by atoms with E-state index in [4.69, 9.17) is 4.74 Å². The molecule has 2 aromatic rings. The van der Waals surface area contributed by atoms with Crippen molar-refractivity contribution in [2.45, 2.75) is 71.2 Å². The Morgan fingerprint density at radius 2 is 1.85 bits per heavy atom. The highest BCUT2D eigenvalue weighted by Gasteiger charge is 2.26. The van der Waals surface area contributed by atoms with Crippen LogP contribution in [-0.2, 0) is 24.9 Å². The molecule has 1 aliphatic carbocycles. The molecule has 4 rings (SSSR count). The van der Waals surface area contributed by atoms with Gasteiger partial charge in [0.1, 0.15) is 0 Å². The van der Waals surface area contributed by atoms with Crippen LogP contribution in [0, 0.1) is 11.8 Å². The van der Waals surface area contributed by atoms with E-state index in [9.17, 15) is 9.59 Å². The molecule has 0 aromatic carbocycles. The van der Waals surface area contributed by atoms with E-state index in [1.165, 1.54) is 22.0 Å². The van der Waals surface area contributed by atoms with Crippen LogP contribution in [0.5, 0.6) is 0 Å². The highest BCUT2D eigenvalue weighted by molar-refractivity contribution is 5.69. The number of aromatic nitrogens is 4. The van der Waals surface area contributed by atoms with E-state index in [0.29, 0.717) is 29.5 Å². The van der Waals surface area contributed by atoms with Crippen LogP contribution in [0.3, 0.4) is 0 Å². The molecule has 7 heteroatoms. The first-order chi connectivity index (χ1) is 12.4. The van der Waals surface area contributed by atoms with Crippen molar-refractivity contribution in [3.63, 3.8) is 0 Å². The van der Waals surface area contributed by atoms with Gasteiger partial charge in [-0.3, -0.25) is 13.9 Å². The molecule has 7 nitrogen and oxygen atoms in total. The maximum atomic E-state index is 13.1. The van der Waals surface area contributed by atoms with Crippen LogP contribution in [-0.4, -0.2) is 30.9 Å². The van der Waals surface area contributed by atoms with Gasteiger partial charge in [-0.15, -0.1) is 0 Å². The molecule has 1 aliphatic heterocycles. The Bertz CT molecular complexity index is 911. The molecule has 0 radical (unpaired) electrons. The van der Waals surface area contributed by atoms with Crippen LogP contribution in [0.2, 0.25) is 0 Å².